The maximum absolute atomic E-state index is 13.0. The minimum atomic E-state index is -0.409. The van der Waals surface area contributed by atoms with Gasteiger partial charge in [-0.25, -0.2) is 4.39 Å². The average molecular weight is 231 g/mol. The first-order valence-electron chi connectivity index (χ1n) is 4.80. The molecular formula is C11H12ClFO2. The van der Waals surface area contributed by atoms with Crippen LogP contribution in [-0.2, 0) is 9.47 Å². The van der Waals surface area contributed by atoms with E-state index in [1.54, 1.807) is 19.1 Å². The van der Waals surface area contributed by atoms with Gasteiger partial charge in [-0.1, -0.05) is 6.07 Å². The van der Waals surface area contributed by atoms with Crippen molar-refractivity contribution in [3.8, 4) is 0 Å². The van der Waals surface area contributed by atoms with Crippen LogP contribution in [0.25, 0.3) is 0 Å². The predicted octanol–water partition coefficient (Wildman–Crippen LogP) is 2.79. The van der Waals surface area contributed by atoms with Gasteiger partial charge in [0.1, 0.15) is 5.82 Å². The molecule has 1 saturated heterocycles. The fourth-order valence-electron chi connectivity index (χ4n) is 1.52. The fourth-order valence-corrected chi connectivity index (χ4v) is 1.68. The van der Waals surface area contributed by atoms with Crippen molar-refractivity contribution in [1.82, 2.24) is 0 Å². The maximum atomic E-state index is 13.0. The van der Waals surface area contributed by atoms with Gasteiger partial charge in [0.2, 0.25) is 0 Å². The van der Waals surface area contributed by atoms with E-state index in [0.717, 1.165) is 5.56 Å². The first-order valence-corrected chi connectivity index (χ1v) is 5.33. The molecule has 0 aliphatic carbocycles. The van der Waals surface area contributed by atoms with Gasteiger partial charge in [-0.15, -0.1) is 11.6 Å². The summed E-state index contributed by atoms with van der Waals surface area (Å²) in [6, 6.07) is 4.83. The highest BCUT2D eigenvalue weighted by Gasteiger charge is 2.26. The number of hydrogen-bond acceptors (Lipinski definition) is 2. The number of hydrogen-bond donors (Lipinski definition) is 0. The van der Waals surface area contributed by atoms with Crippen molar-refractivity contribution in [3.05, 3.63) is 35.1 Å². The van der Waals surface area contributed by atoms with Gasteiger partial charge >= 0.3 is 0 Å². The molecule has 2 nitrogen and oxygen atoms in total. The van der Waals surface area contributed by atoms with Crippen LogP contribution < -0.4 is 0 Å². The highest BCUT2D eigenvalue weighted by molar-refractivity contribution is 6.18. The van der Waals surface area contributed by atoms with Gasteiger partial charge < -0.3 is 9.47 Å². The quantitative estimate of drug-likeness (QED) is 0.728. The third-order valence-corrected chi connectivity index (χ3v) is 2.72. The number of ether oxygens (including phenoxy) is 2. The molecule has 2 atom stereocenters. The van der Waals surface area contributed by atoms with E-state index < -0.39 is 6.29 Å². The summed E-state index contributed by atoms with van der Waals surface area (Å²) in [7, 11) is 0. The normalized spacial score (nSPS) is 25.8. The Morgan fingerprint density at radius 1 is 1.53 bits per heavy atom. The van der Waals surface area contributed by atoms with Crippen molar-refractivity contribution in [2.75, 3.05) is 12.5 Å². The summed E-state index contributed by atoms with van der Waals surface area (Å²) in [4.78, 5) is 0. The van der Waals surface area contributed by atoms with Gasteiger partial charge in [-0.2, -0.15) is 0 Å². The average Bonchev–Trinajstić information content (AvgIpc) is 2.70. The van der Waals surface area contributed by atoms with Crippen molar-refractivity contribution in [2.24, 2.45) is 0 Å². The summed E-state index contributed by atoms with van der Waals surface area (Å²) in [5.41, 5.74) is 1.43. The van der Waals surface area contributed by atoms with Gasteiger partial charge in [0, 0.05) is 5.56 Å². The summed E-state index contributed by atoms with van der Waals surface area (Å²) < 4.78 is 23.9. The van der Waals surface area contributed by atoms with Crippen LogP contribution in [0, 0.1) is 12.7 Å². The molecule has 1 aromatic carbocycles. The Hall–Kier alpha value is -0.640. The number of aryl methyl sites for hydroxylation is 1. The van der Waals surface area contributed by atoms with Crippen LogP contribution in [0.1, 0.15) is 17.4 Å². The summed E-state index contributed by atoms with van der Waals surface area (Å²) >= 11 is 5.65. The molecule has 1 aliphatic heterocycles. The fraction of sp³-hybridized carbons (Fsp3) is 0.455. The third-order valence-electron chi connectivity index (χ3n) is 2.38. The summed E-state index contributed by atoms with van der Waals surface area (Å²) in [5, 5.41) is 0. The second kappa shape index (κ2) is 4.47. The monoisotopic (exact) mass is 230 g/mol. The Bertz CT molecular complexity index is 356. The zero-order chi connectivity index (χ0) is 10.8. The van der Waals surface area contributed by atoms with Crippen molar-refractivity contribution in [3.63, 3.8) is 0 Å². The van der Waals surface area contributed by atoms with E-state index in [9.17, 15) is 4.39 Å². The minimum Gasteiger partial charge on any atom is -0.346 e. The van der Waals surface area contributed by atoms with Crippen molar-refractivity contribution in [1.29, 1.82) is 0 Å². The molecule has 2 unspecified atom stereocenters. The van der Waals surface area contributed by atoms with Crippen LogP contribution in [0.3, 0.4) is 0 Å². The van der Waals surface area contributed by atoms with Crippen LogP contribution in [-0.4, -0.2) is 18.6 Å². The zero-order valence-electron chi connectivity index (χ0n) is 8.37. The van der Waals surface area contributed by atoms with Crippen molar-refractivity contribution >= 4 is 11.6 Å². The first-order chi connectivity index (χ1) is 7.20. The number of alkyl halides is 1. The molecule has 1 heterocycles. The third kappa shape index (κ3) is 2.30. The molecular weight excluding hydrogens is 219 g/mol. The Morgan fingerprint density at radius 3 is 2.93 bits per heavy atom. The van der Waals surface area contributed by atoms with Gasteiger partial charge in [0.15, 0.2) is 6.29 Å². The molecule has 0 saturated carbocycles. The molecule has 4 heteroatoms. The van der Waals surface area contributed by atoms with E-state index in [2.05, 4.69) is 0 Å². The van der Waals surface area contributed by atoms with Gasteiger partial charge in [0.05, 0.1) is 18.6 Å². The van der Waals surface area contributed by atoms with Gasteiger partial charge in [-0.3, -0.25) is 0 Å². The summed E-state index contributed by atoms with van der Waals surface area (Å²) in [6.45, 7) is 2.21. The molecule has 0 radical (unpaired) electrons. The number of benzene rings is 1. The van der Waals surface area contributed by atoms with Crippen LogP contribution >= 0.6 is 11.6 Å². The molecule has 0 aromatic heterocycles. The van der Waals surface area contributed by atoms with Crippen molar-refractivity contribution < 1.29 is 13.9 Å². The highest BCUT2D eigenvalue weighted by atomic mass is 35.5. The Balaban J connectivity index is 2.13. The van der Waals surface area contributed by atoms with Crippen LogP contribution in [0.2, 0.25) is 0 Å². The lowest BCUT2D eigenvalue weighted by Gasteiger charge is -2.11. The largest absolute Gasteiger partial charge is 0.346 e. The molecule has 2 rings (SSSR count). The summed E-state index contributed by atoms with van der Waals surface area (Å²) in [6.07, 6.45) is -0.477. The van der Waals surface area contributed by atoms with Crippen LogP contribution in [0.15, 0.2) is 18.2 Å². The molecule has 15 heavy (non-hydrogen) atoms. The van der Waals surface area contributed by atoms with E-state index in [4.69, 9.17) is 21.1 Å². The molecule has 0 N–H and O–H groups in total. The number of rotatable bonds is 2. The lowest BCUT2D eigenvalue weighted by atomic mass is 10.1. The lowest BCUT2D eigenvalue weighted by molar-refractivity contribution is -0.0567. The minimum absolute atomic E-state index is 0.0676. The summed E-state index contributed by atoms with van der Waals surface area (Å²) in [5.74, 6) is 0.196. The maximum Gasteiger partial charge on any atom is 0.184 e. The second-order valence-corrected chi connectivity index (χ2v) is 3.89. The van der Waals surface area contributed by atoms with Crippen LogP contribution in [0.5, 0.6) is 0 Å². The van der Waals surface area contributed by atoms with E-state index >= 15 is 0 Å². The Morgan fingerprint density at radius 2 is 2.33 bits per heavy atom. The molecule has 0 amide bonds. The SMILES string of the molecule is Cc1cc(C2OCC(CCl)O2)ccc1F. The molecule has 1 fully saturated rings. The molecule has 1 aromatic rings. The van der Waals surface area contributed by atoms with E-state index in [-0.39, 0.29) is 11.9 Å². The highest BCUT2D eigenvalue weighted by Crippen LogP contribution is 2.28. The molecule has 1 aliphatic rings. The zero-order valence-corrected chi connectivity index (χ0v) is 9.13. The Labute approximate surface area is 92.9 Å². The number of halogens is 2. The topological polar surface area (TPSA) is 18.5 Å². The van der Waals surface area contributed by atoms with Gasteiger partial charge in [-0.05, 0) is 24.6 Å². The molecule has 82 valence electrons. The van der Waals surface area contributed by atoms with Crippen molar-refractivity contribution in [2.45, 2.75) is 19.3 Å². The van der Waals surface area contributed by atoms with E-state index in [1.165, 1.54) is 6.07 Å². The lowest BCUT2D eigenvalue weighted by Crippen LogP contribution is -2.10. The standard InChI is InChI=1S/C11H12ClFO2/c1-7-4-8(2-3-10(7)13)11-14-6-9(5-12)15-11/h2-4,9,11H,5-6H2,1H3. The van der Waals surface area contributed by atoms with E-state index in [0.29, 0.717) is 18.1 Å². The Kier molecular flexibility index (Phi) is 3.24. The first kappa shape index (κ1) is 10.9. The van der Waals surface area contributed by atoms with Crippen LogP contribution in [0.4, 0.5) is 4.39 Å². The van der Waals surface area contributed by atoms with Gasteiger partial charge in [0.25, 0.3) is 0 Å². The molecule has 0 bridgehead atoms. The predicted molar refractivity (Wildman–Crippen MR) is 55.4 cm³/mol. The van der Waals surface area contributed by atoms with E-state index in [1.807, 2.05) is 0 Å². The second-order valence-electron chi connectivity index (χ2n) is 3.59. The molecule has 0 spiro atoms. The smallest absolute Gasteiger partial charge is 0.184 e.